The number of carbonyl (C=O) groups excluding carboxylic acids is 1. The lowest BCUT2D eigenvalue weighted by Crippen LogP contribution is -2.37. The number of amides is 1. The molecule has 0 bridgehead atoms. The van der Waals surface area contributed by atoms with Crippen LogP contribution in [0.15, 0.2) is 12.3 Å². The van der Waals surface area contributed by atoms with Crippen LogP contribution in [-0.4, -0.2) is 54.0 Å². The summed E-state index contributed by atoms with van der Waals surface area (Å²) in [4.78, 5) is 24.5. The minimum absolute atomic E-state index is 0.173. The molecule has 20 heavy (non-hydrogen) atoms. The molecule has 1 aliphatic rings. The van der Waals surface area contributed by atoms with Gasteiger partial charge in [0.25, 0.3) is 0 Å². The van der Waals surface area contributed by atoms with Crippen molar-refractivity contribution in [2.24, 2.45) is 0 Å². The number of carbonyl (C=O) groups is 1. The second-order valence-electron chi connectivity index (χ2n) is 5.11. The zero-order valence-electron chi connectivity index (χ0n) is 12.3. The van der Waals surface area contributed by atoms with Gasteiger partial charge in [-0.3, -0.25) is 4.79 Å². The molecular weight excluding hydrogens is 254 g/mol. The lowest BCUT2D eigenvalue weighted by Gasteiger charge is -2.22. The van der Waals surface area contributed by atoms with Gasteiger partial charge in [0.1, 0.15) is 5.82 Å². The molecule has 0 aromatic carbocycles. The summed E-state index contributed by atoms with van der Waals surface area (Å²) in [6, 6.07) is 1.83. The molecule has 1 N–H and O–H groups in total. The fraction of sp³-hybridized carbons (Fsp3) is 0.643. The van der Waals surface area contributed by atoms with Crippen LogP contribution < -0.4 is 10.2 Å². The number of hydrogen-bond acceptors (Lipinski definition) is 5. The van der Waals surface area contributed by atoms with Crippen molar-refractivity contribution in [1.29, 1.82) is 0 Å². The van der Waals surface area contributed by atoms with Crippen molar-refractivity contribution >= 4 is 17.7 Å². The third kappa shape index (κ3) is 3.82. The number of rotatable bonds is 6. The smallest absolute Gasteiger partial charge is 0.242 e. The molecule has 1 fully saturated rings. The van der Waals surface area contributed by atoms with Crippen molar-refractivity contribution in [3.8, 4) is 0 Å². The van der Waals surface area contributed by atoms with Gasteiger partial charge in [0.05, 0.1) is 6.54 Å². The van der Waals surface area contributed by atoms with Crippen molar-refractivity contribution in [3.63, 3.8) is 0 Å². The van der Waals surface area contributed by atoms with Crippen LogP contribution in [0.25, 0.3) is 0 Å². The molecule has 2 heterocycles. The van der Waals surface area contributed by atoms with Gasteiger partial charge in [-0.1, -0.05) is 6.92 Å². The highest BCUT2D eigenvalue weighted by Crippen LogP contribution is 2.12. The fourth-order valence-corrected chi connectivity index (χ4v) is 2.23. The molecule has 2 rings (SSSR count). The van der Waals surface area contributed by atoms with Crippen molar-refractivity contribution in [2.75, 3.05) is 43.4 Å². The van der Waals surface area contributed by atoms with Gasteiger partial charge < -0.3 is 15.1 Å². The lowest BCUT2D eigenvalue weighted by molar-refractivity contribution is -0.128. The second-order valence-corrected chi connectivity index (χ2v) is 5.11. The number of anilines is 2. The Hall–Kier alpha value is -1.85. The summed E-state index contributed by atoms with van der Waals surface area (Å²) >= 11 is 0. The van der Waals surface area contributed by atoms with Crippen LogP contribution in [-0.2, 0) is 4.79 Å². The topological polar surface area (TPSA) is 61.4 Å². The summed E-state index contributed by atoms with van der Waals surface area (Å²) < 4.78 is 0. The molecule has 0 unspecified atom stereocenters. The highest BCUT2D eigenvalue weighted by Gasteiger charge is 2.19. The predicted octanol–water partition coefficient (Wildman–Crippen LogP) is 1.36. The van der Waals surface area contributed by atoms with Gasteiger partial charge in [-0.25, -0.2) is 4.98 Å². The van der Waals surface area contributed by atoms with E-state index < -0.39 is 0 Å². The summed E-state index contributed by atoms with van der Waals surface area (Å²) in [5.74, 6) is 1.56. The Morgan fingerprint density at radius 1 is 1.45 bits per heavy atom. The second kappa shape index (κ2) is 7.07. The molecule has 1 aromatic rings. The SMILES string of the molecule is CCCNc1nccc(N(C)CC(=O)N2CCCC2)n1. The molecular formula is C14H23N5O. The molecule has 0 aliphatic carbocycles. The molecule has 0 spiro atoms. The third-order valence-corrected chi connectivity index (χ3v) is 3.40. The van der Waals surface area contributed by atoms with E-state index in [1.54, 1.807) is 6.20 Å². The third-order valence-electron chi connectivity index (χ3n) is 3.40. The van der Waals surface area contributed by atoms with E-state index in [0.29, 0.717) is 12.5 Å². The Morgan fingerprint density at radius 3 is 2.90 bits per heavy atom. The zero-order valence-corrected chi connectivity index (χ0v) is 12.3. The molecule has 1 aromatic heterocycles. The molecule has 1 amide bonds. The Bertz CT molecular complexity index is 445. The summed E-state index contributed by atoms with van der Waals surface area (Å²) in [6.07, 6.45) is 4.98. The van der Waals surface area contributed by atoms with Crippen LogP contribution in [0, 0.1) is 0 Å². The van der Waals surface area contributed by atoms with E-state index in [1.165, 1.54) is 0 Å². The van der Waals surface area contributed by atoms with Gasteiger partial charge in [-0.05, 0) is 25.3 Å². The van der Waals surface area contributed by atoms with E-state index in [9.17, 15) is 4.79 Å². The summed E-state index contributed by atoms with van der Waals surface area (Å²) in [7, 11) is 1.89. The van der Waals surface area contributed by atoms with E-state index in [-0.39, 0.29) is 5.91 Å². The van der Waals surface area contributed by atoms with E-state index in [4.69, 9.17) is 0 Å². The van der Waals surface area contributed by atoms with Gasteiger partial charge in [0, 0.05) is 32.9 Å². The average Bonchev–Trinajstić information content (AvgIpc) is 2.99. The van der Waals surface area contributed by atoms with Gasteiger partial charge in [-0.2, -0.15) is 4.98 Å². The fourth-order valence-electron chi connectivity index (χ4n) is 2.23. The first kappa shape index (κ1) is 14.6. The number of nitrogens with one attached hydrogen (secondary N) is 1. The summed E-state index contributed by atoms with van der Waals surface area (Å²) in [6.45, 7) is 5.08. The van der Waals surface area contributed by atoms with Crippen LogP contribution in [0.2, 0.25) is 0 Å². The lowest BCUT2D eigenvalue weighted by atomic mass is 10.4. The van der Waals surface area contributed by atoms with Gasteiger partial charge in [0.15, 0.2) is 0 Å². The van der Waals surface area contributed by atoms with Crippen molar-refractivity contribution in [3.05, 3.63) is 12.3 Å². The van der Waals surface area contributed by atoms with E-state index >= 15 is 0 Å². The van der Waals surface area contributed by atoms with Crippen LogP contribution in [0.5, 0.6) is 0 Å². The van der Waals surface area contributed by atoms with Gasteiger partial charge in [-0.15, -0.1) is 0 Å². The highest BCUT2D eigenvalue weighted by atomic mass is 16.2. The average molecular weight is 277 g/mol. The van der Waals surface area contributed by atoms with E-state index in [2.05, 4.69) is 22.2 Å². The summed E-state index contributed by atoms with van der Waals surface area (Å²) in [5, 5.41) is 3.15. The quantitative estimate of drug-likeness (QED) is 0.850. The van der Waals surface area contributed by atoms with Crippen LogP contribution in [0.1, 0.15) is 26.2 Å². The van der Waals surface area contributed by atoms with Crippen molar-refractivity contribution in [2.45, 2.75) is 26.2 Å². The standard InChI is InChI=1S/C14H23N5O/c1-3-7-15-14-16-8-6-12(17-14)18(2)11-13(20)19-9-4-5-10-19/h6,8H,3-5,7,9-11H2,1-2H3,(H,15,16,17). The van der Waals surface area contributed by atoms with E-state index in [1.807, 2.05) is 22.9 Å². The highest BCUT2D eigenvalue weighted by molar-refractivity contribution is 5.81. The van der Waals surface area contributed by atoms with Crippen LogP contribution in [0.3, 0.4) is 0 Å². The van der Waals surface area contributed by atoms with Crippen LogP contribution in [0.4, 0.5) is 11.8 Å². The normalized spacial score (nSPS) is 14.4. The first-order chi connectivity index (χ1) is 9.70. The molecule has 1 saturated heterocycles. The van der Waals surface area contributed by atoms with E-state index in [0.717, 1.165) is 44.7 Å². The summed E-state index contributed by atoms with van der Waals surface area (Å²) in [5.41, 5.74) is 0. The minimum atomic E-state index is 0.173. The first-order valence-corrected chi connectivity index (χ1v) is 7.26. The predicted molar refractivity (Wildman–Crippen MR) is 79.9 cm³/mol. The van der Waals surface area contributed by atoms with Crippen molar-refractivity contribution in [1.82, 2.24) is 14.9 Å². The zero-order chi connectivity index (χ0) is 14.4. The molecule has 0 radical (unpaired) electrons. The largest absolute Gasteiger partial charge is 0.354 e. The Labute approximate surface area is 120 Å². The molecule has 110 valence electrons. The van der Waals surface area contributed by atoms with Gasteiger partial charge >= 0.3 is 0 Å². The number of nitrogens with zero attached hydrogens (tertiary/aromatic N) is 4. The molecule has 0 saturated carbocycles. The Morgan fingerprint density at radius 2 is 2.20 bits per heavy atom. The monoisotopic (exact) mass is 277 g/mol. The maximum absolute atomic E-state index is 12.1. The van der Waals surface area contributed by atoms with Crippen molar-refractivity contribution < 1.29 is 4.79 Å². The number of likely N-dealkylation sites (N-methyl/N-ethyl adjacent to an activating group) is 1. The first-order valence-electron chi connectivity index (χ1n) is 7.26. The minimum Gasteiger partial charge on any atom is -0.354 e. The maximum Gasteiger partial charge on any atom is 0.242 e. The molecule has 0 atom stereocenters. The molecule has 6 nitrogen and oxygen atoms in total. The number of hydrogen-bond donors (Lipinski definition) is 1. The maximum atomic E-state index is 12.1. The number of likely N-dealkylation sites (tertiary alicyclic amines) is 1. The molecule has 1 aliphatic heterocycles. The van der Waals surface area contributed by atoms with Crippen LogP contribution >= 0.6 is 0 Å². The Kier molecular flexibility index (Phi) is 5.15. The molecule has 6 heteroatoms. The van der Waals surface area contributed by atoms with Gasteiger partial charge in [0.2, 0.25) is 11.9 Å². The number of aromatic nitrogens is 2. The Balaban J connectivity index is 1.93.